The maximum atomic E-state index is 12.8. The van der Waals surface area contributed by atoms with E-state index in [0.29, 0.717) is 12.4 Å². The molecule has 1 amide bonds. The standard InChI is InChI=1S/C23H18BrN5OS/c24-19-9-5-4-8-17(19)13-29-21(10-11-25-29)27-22(30)12-18-15-31-23-26-20(14-28(18)23)16-6-2-1-3-7-16/h1-11,14-15H,12-13H2,(H,27,30). The molecule has 0 atom stereocenters. The molecule has 0 saturated heterocycles. The maximum Gasteiger partial charge on any atom is 0.231 e. The molecule has 0 bridgehead atoms. The third-order valence-corrected chi connectivity index (χ3v) is 6.62. The fourth-order valence-corrected chi connectivity index (χ4v) is 4.69. The van der Waals surface area contributed by atoms with E-state index in [4.69, 9.17) is 0 Å². The van der Waals surface area contributed by atoms with Gasteiger partial charge in [-0.1, -0.05) is 64.5 Å². The summed E-state index contributed by atoms with van der Waals surface area (Å²) in [7, 11) is 0. The fraction of sp³-hybridized carbons (Fsp3) is 0.0870. The molecular formula is C23H18BrN5OS. The van der Waals surface area contributed by atoms with E-state index in [0.717, 1.165) is 31.9 Å². The van der Waals surface area contributed by atoms with Crippen LogP contribution in [0.4, 0.5) is 5.82 Å². The van der Waals surface area contributed by atoms with Crippen molar-refractivity contribution >= 4 is 44.0 Å². The minimum absolute atomic E-state index is 0.0939. The van der Waals surface area contributed by atoms with Gasteiger partial charge in [0.2, 0.25) is 5.91 Å². The van der Waals surface area contributed by atoms with Gasteiger partial charge < -0.3 is 5.32 Å². The predicted octanol–water partition coefficient (Wildman–Crippen LogP) is 5.25. The van der Waals surface area contributed by atoms with Crippen LogP contribution < -0.4 is 5.32 Å². The van der Waals surface area contributed by atoms with E-state index >= 15 is 0 Å². The van der Waals surface area contributed by atoms with Gasteiger partial charge in [0.15, 0.2) is 4.96 Å². The van der Waals surface area contributed by atoms with Crippen molar-refractivity contribution in [3.8, 4) is 11.3 Å². The van der Waals surface area contributed by atoms with Gasteiger partial charge in [-0.3, -0.25) is 9.20 Å². The summed E-state index contributed by atoms with van der Waals surface area (Å²) < 4.78 is 4.79. The second-order valence-electron chi connectivity index (χ2n) is 7.06. The van der Waals surface area contributed by atoms with Crippen molar-refractivity contribution < 1.29 is 4.79 Å². The highest BCUT2D eigenvalue weighted by Crippen LogP contribution is 2.24. The largest absolute Gasteiger partial charge is 0.311 e. The molecule has 0 aliphatic rings. The summed E-state index contributed by atoms with van der Waals surface area (Å²) in [6, 6.07) is 19.8. The van der Waals surface area contributed by atoms with Crippen LogP contribution in [0.15, 0.2) is 82.9 Å². The highest BCUT2D eigenvalue weighted by Gasteiger charge is 2.14. The average molecular weight is 492 g/mol. The Kier molecular flexibility index (Phi) is 5.40. The number of halogens is 1. The van der Waals surface area contributed by atoms with Gasteiger partial charge in [0.1, 0.15) is 5.82 Å². The molecule has 0 aliphatic heterocycles. The number of hydrogen-bond donors (Lipinski definition) is 1. The number of fused-ring (bicyclic) bond motifs is 1. The van der Waals surface area contributed by atoms with E-state index in [2.05, 4.69) is 31.3 Å². The zero-order valence-corrected chi connectivity index (χ0v) is 18.8. The molecule has 6 nitrogen and oxygen atoms in total. The normalized spacial score (nSPS) is 11.1. The summed E-state index contributed by atoms with van der Waals surface area (Å²) in [5.74, 6) is 0.575. The summed E-state index contributed by atoms with van der Waals surface area (Å²) in [5, 5.41) is 9.33. The minimum atomic E-state index is -0.0939. The van der Waals surface area contributed by atoms with Crippen LogP contribution in [0.2, 0.25) is 0 Å². The van der Waals surface area contributed by atoms with Crippen molar-refractivity contribution in [1.29, 1.82) is 0 Å². The molecule has 0 saturated carbocycles. The molecule has 0 unspecified atom stereocenters. The quantitative estimate of drug-likeness (QED) is 0.352. The zero-order chi connectivity index (χ0) is 21.2. The lowest BCUT2D eigenvalue weighted by atomic mass is 10.2. The number of nitrogens with one attached hydrogen (secondary N) is 1. The number of benzene rings is 2. The van der Waals surface area contributed by atoms with Gasteiger partial charge in [-0.2, -0.15) is 5.10 Å². The number of anilines is 1. The van der Waals surface area contributed by atoms with Gasteiger partial charge >= 0.3 is 0 Å². The Labute approximate surface area is 191 Å². The van der Waals surface area contributed by atoms with Crippen molar-refractivity contribution in [2.75, 3.05) is 5.32 Å². The van der Waals surface area contributed by atoms with Crippen molar-refractivity contribution in [2.45, 2.75) is 13.0 Å². The number of aromatic nitrogens is 4. The Morgan fingerprint density at radius 3 is 2.71 bits per heavy atom. The molecule has 8 heteroatoms. The number of amides is 1. The number of hydrogen-bond acceptors (Lipinski definition) is 4. The number of nitrogens with zero attached hydrogens (tertiary/aromatic N) is 4. The summed E-state index contributed by atoms with van der Waals surface area (Å²) >= 11 is 5.10. The number of thiazole rings is 1. The van der Waals surface area contributed by atoms with Crippen LogP contribution in [0.1, 0.15) is 11.3 Å². The van der Waals surface area contributed by atoms with Crippen LogP contribution in [0.5, 0.6) is 0 Å². The molecule has 1 N–H and O–H groups in total. The molecular weight excluding hydrogens is 474 g/mol. The van der Waals surface area contributed by atoms with Crippen LogP contribution >= 0.6 is 27.3 Å². The molecule has 0 spiro atoms. The van der Waals surface area contributed by atoms with Gasteiger partial charge in [0.25, 0.3) is 0 Å². The third-order valence-electron chi connectivity index (χ3n) is 4.96. The number of carbonyl (C=O) groups excluding carboxylic acids is 1. The Balaban J connectivity index is 1.32. The molecule has 3 aromatic heterocycles. The summed E-state index contributed by atoms with van der Waals surface area (Å²) in [6.07, 6.45) is 3.93. The second-order valence-corrected chi connectivity index (χ2v) is 8.75. The number of carbonyl (C=O) groups is 1. The first kappa shape index (κ1) is 19.7. The van der Waals surface area contributed by atoms with Gasteiger partial charge in [-0.05, 0) is 11.6 Å². The molecule has 154 valence electrons. The Bertz CT molecular complexity index is 1350. The first-order valence-electron chi connectivity index (χ1n) is 9.73. The SMILES string of the molecule is O=C(Cc1csc2nc(-c3ccccc3)cn12)Nc1ccnn1Cc1ccccc1Br. The van der Waals surface area contributed by atoms with Crippen LogP contribution in [-0.4, -0.2) is 25.1 Å². The lowest BCUT2D eigenvalue weighted by Crippen LogP contribution is -2.18. The lowest BCUT2D eigenvalue weighted by molar-refractivity contribution is -0.115. The molecule has 5 rings (SSSR count). The lowest BCUT2D eigenvalue weighted by Gasteiger charge is -2.10. The van der Waals surface area contributed by atoms with Gasteiger partial charge in [-0.15, -0.1) is 11.3 Å². The molecule has 31 heavy (non-hydrogen) atoms. The molecule has 0 fully saturated rings. The first-order chi connectivity index (χ1) is 15.2. The van der Waals surface area contributed by atoms with Gasteiger partial charge in [0, 0.05) is 33.4 Å². The summed E-state index contributed by atoms with van der Waals surface area (Å²) in [5.41, 5.74) is 3.96. The zero-order valence-electron chi connectivity index (χ0n) is 16.4. The average Bonchev–Trinajstić information content (AvgIpc) is 3.48. The van der Waals surface area contributed by atoms with Crippen LogP contribution in [0.3, 0.4) is 0 Å². The highest BCUT2D eigenvalue weighted by molar-refractivity contribution is 9.10. The van der Waals surface area contributed by atoms with Gasteiger partial charge in [-0.25, -0.2) is 9.67 Å². The van der Waals surface area contributed by atoms with E-state index in [1.54, 1.807) is 10.9 Å². The van der Waals surface area contributed by atoms with Crippen molar-refractivity contribution in [2.24, 2.45) is 0 Å². The third kappa shape index (κ3) is 4.17. The molecule has 0 aliphatic carbocycles. The van der Waals surface area contributed by atoms with Crippen molar-refractivity contribution in [1.82, 2.24) is 19.2 Å². The fourth-order valence-electron chi connectivity index (χ4n) is 3.41. The Hall–Kier alpha value is -3.23. The Morgan fingerprint density at radius 1 is 1.06 bits per heavy atom. The smallest absolute Gasteiger partial charge is 0.231 e. The predicted molar refractivity (Wildman–Crippen MR) is 126 cm³/mol. The van der Waals surface area contributed by atoms with Gasteiger partial charge in [0.05, 0.1) is 24.9 Å². The van der Waals surface area contributed by atoms with E-state index in [1.165, 1.54) is 11.3 Å². The topological polar surface area (TPSA) is 64.2 Å². The maximum absolute atomic E-state index is 12.8. The van der Waals surface area contributed by atoms with Crippen molar-refractivity contribution in [3.63, 3.8) is 0 Å². The second kappa shape index (κ2) is 8.49. The Morgan fingerprint density at radius 2 is 1.87 bits per heavy atom. The monoisotopic (exact) mass is 491 g/mol. The van der Waals surface area contributed by atoms with Crippen LogP contribution in [-0.2, 0) is 17.8 Å². The van der Waals surface area contributed by atoms with E-state index in [-0.39, 0.29) is 12.3 Å². The van der Waals surface area contributed by atoms with E-state index in [9.17, 15) is 4.79 Å². The molecule has 3 heterocycles. The molecule has 0 radical (unpaired) electrons. The molecule has 5 aromatic rings. The number of rotatable bonds is 6. The minimum Gasteiger partial charge on any atom is -0.311 e. The van der Waals surface area contributed by atoms with E-state index in [1.807, 2.05) is 76.6 Å². The summed E-state index contributed by atoms with van der Waals surface area (Å²) in [4.78, 5) is 18.3. The molecule has 2 aromatic carbocycles. The van der Waals surface area contributed by atoms with E-state index < -0.39 is 0 Å². The van der Waals surface area contributed by atoms with Crippen molar-refractivity contribution in [3.05, 3.63) is 94.2 Å². The highest BCUT2D eigenvalue weighted by atomic mass is 79.9. The van der Waals surface area contributed by atoms with Crippen LogP contribution in [0, 0.1) is 0 Å². The first-order valence-corrected chi connectivity index (χ1v) is 11.4. The van der Waals surface area contributed by atoms with Crippen LogP contribution in [0.25, 0.3) is 16.2 Å². The summed E-state index contributed by atoms with van der Waals surface area (Å²) in [6.45, 7) is 0.564. The number of imidazole rings is 1.